The molecule has 59 heavy (non-hydrogen) atoms. The zero-order valence-electron chi connectivity index (χ0n) is 32.0. The number of benzene rings is 3. The summed E-state index contributed by atoms with van der Waals surface area (Å²) in [6.45, 7) is -0.146. The van der Waals surface area contributed by atoms with Gasteiger partial charge in [-0.2, -0.15) is 0 Å². The van der Waals surface area contributed by atoms with Gasteiger partial charge in [-0.1, -0.05) is 55.3 Å². The fourth-order valence-corrected chi connectivity index (χ4v) is 9.70. The molecule has 3 saturated heterocycles. The maximum atomic E-state index is 14.5. The molecule has 10 atom stereocenters. The van der Waals surface area contributed by atoms with Crippen molar-refractivity contribution in [2.75, 3.05) is 24.8 Å². The topological polar surface area (TPSA) is 251 Å². The highest BCUT2D eigenvalue weighted by atomic mass is 16.7. The zero-order chi connectivity index (χ0) is 41.2. The molecule has 312 valence electrons. The molecule has 4 heterocycles. The van der Waals surface area contributed by atoms with Crippen molar-refractivity contribution in [1.29, 1.82) is 0 Å². The maximum absolute atomic E-state index is 14.5. The van der Waals surface area contributed by atoms with Crippen LogP contribution < -0.4 is 36.1 Å². The van der Waals surface area contributed by atoms with Crippen molar-refractivity contribution < 1.29 is 58.6 Å². The van der Waals surface area contributed by atoms with Gasteiger partial charge in [-0.3, -0.25) is 30.8 Å². The minimum atomic E-state index is -1.80. The number of aldehydes is 1. The van der Waals surface area contributed by atoms with Crippen molar-refractivity contribution in [3.63, 3.8) is 0 Å². The van der Waals surface area contributed by atoms with Crippen LogP contribution in [0.1, 0.15) is 87.4 Å². The van der Waals surface area contributed by atoms with Crippen LogP contribution in [0.4, 0.5) is 5.69 Å². The van der Waals surface area contributed by atoms with Gasteiger partial charge in [-0.05, 0) is 37.0 Å². The normalized spacial score (nSPS) is 31.5. The van der Waals surface area contributed by atoms with E-state index >= 15 is 0 Å². The summed E-state index contributed by atoms with van der Waals surface area (Å²) < 4.78 is 26.2. The summed E-state index contributed by atoms with van der Waals surface area (Å²) in [7, 11) is 0. The molecule has 0 aromatic heterocycles. The van der Waals surface area contributed by atoms with Crippen molar-refractivity contribution in [2.45, 2.75) is 105 Å². The van der Waals surface area contributed by atoms with E-state index in [1.54, 1.807) is 24.3 Å². The van der Waals surface area contributed by atoms with Crippen LogP contribution in [-0.4, -0.2) is 125 Å². The molecular formula is C42H47N5O12. The van der Waals surface area contributed by atoms with Crippen LogP contribution in [0.5, 0.6) is 11.5 Å². The van der Waals surface area contributed by atoms with Gasteiger partial charge < -0.3 is 54.4 Å². The minimum absolute atomic E-state index is 0.000554. The first-order chi connectivity index (χ1) is 28.5. The highest BCUT2D eigenvalue weighted by molar-refractivity contribution is 6.29. The highest BCUT2D eigenvalue weighted by Gasteiger charge is 2.56. The van der Waals surface area contributed by atoms with Crippen molar-refractivity contribution in [2.24, 2.45) is 5.73 Å². The average Bonchev–Trinajstić information content (AvgIpc) is 3.89. The third-order valence-electron chi connectivity index (χ3n) is 12.6. The number of aliphatic hydroxyl groups excluding tert-OH is 4. The number of fused-ring (bicyclic) bond motifs is 7. The molecule has 1 saturated carbocycles. The summed E-state index contributed by atoms with van der Waals surface area (Å²) in [5, 5.41) is 54.3. The van der Waals surface area contributed by atoms with Gasteiger partial charge in [0.15, 0.2) is 23.1 Å². The Labute approximate surface area is 338 Å². The number of rotatable bonds is 7. The second-order valence-electron chi connectivity index (χ2n) is 16.1. The number of ketones is 2. The Balaban J connectivity index is 1.28. The molecule has 3 aromatic rings. The predicted molar refractivity (Wildman–Crippen MR) is 207 cm³/mol. The number of nitrogens with one attached hydrogen (secondary N) is 3. The lowest BCUT2D eigenvalue weighted by molar-refractivity contribution is -0.309. The fourth-order valence-electron chi connectivity index (χ4n) is 9.70. The fraction of sp³-hybridized carbons (Fsp3) is 0.476. The molecule has 0 radical (unpaired) electrons. The van der Waals surface area contributed by atoms with Crippen LogP contribution in [0.15, 0.2) is 54.6 Å². The third-order valence-corrected chi connectivity index (χ3v) is 12.6. The number of nitrogens with two attached hydrogens (primary N) is 1. The van der Waals surface area contributed by atoms with Crippen LogP contribution in [0.25, 0.3) is 0 Å². The first-order valence-corrected chi connectivity index (χ1v) is 20.1. The molecular weight excluding hydrogens is 766 g/mol. The van der Waals surface area contributed by atoms with Gasteiger partial charge in [-0.25, -0.2) is 0 Å². The molecule has 2 bridgehead atoms. The van der Waals surface area contributed by atoms with E-state index in [1.165, 1.54) is 6.07 Å². The number of ether oxygens (including phenoxy) is 4. The molecule has 1 amide bonds. The number of para-hydroxylation sites is 1. The number of nitrogens with zero attached hydrogens (tertiary/aromatic N) is 1. The second kappa shape index (κ2) is 15.7. The van der Waals surface area contributed by atoms with Crippen LogP contribution in [0, 0.1) is 0 Å². The van der Waals surface area contributed by atoms with Crippen LogP contribution in [0.3, 0.4) is 0 Å². The molecule has 9 N–H and O–H groups in total. The lowest BCUT2D eigenvalue weighted by atomic mass is 9.79. The van der Waals surface area contributed by atoms with Gasteiger partial charge in [0, 0.05) is 46.9 Å². The van der Waals surface area contributed by atoms with E-state index < -0.39 is 85.0 Å². The van der Waals surface area contributed by atoms with Crippen LogP contribution >= 0.6 is 0 Å². The predicted octanol–water partition coefficient (Wildman–Crippen LogP) is -0.134. The highest BCUT2D eigenvalue weighted by Crippen LogP contribution is 2.51. The molecule has 9 rings (SSSR count). The van der Waals surface area contributed by atoms with E-state index in [2.05, 4.69) is 16.0 Å². The number of carbonyl (C=O) groups excluding carboxylic acids is 4. The van der Waals surface area contributed by atoms with Crippen LogP contribution in [-0.2, 0) is 19.1 Å². The Kier molecular flexibility index (Phi) is 10.5. The maximum Gasteiger partial charge on any atom is 0.242 e. The van der Waals surface area contributed by atoms with Gasteiger partial charge >= 0.3 is 0 Å². The molecule has 1 spiro atoms. The van der Waals surface area contributed by atoms with E-state index in [1.807, 2.05) is 29.2 Å². The average molecular weight is 814 g/mol. The summed E-state index contributed by atoms with van der Waals surface area (Å²) in [4.78, 5) is 55.5. The third kappa shape index (κ3) is 6.70. The Morgan fingerprint density at radius 3 is 2.44 bits per heavy atom. The minimum Gasteiger partial charge on any atom is -0.486 e. The Bertz CT molecular complexity index is 2160. The van der Waals surface area contributed by atoms with Crippen molar-refractivity contribution in [3.05, 3.63) is 88.0 Å². The first-order valence-electron chi connectivity index (χ1n) is 20.1. The summed E-state index contributed by atoms with van der Waals surface area (Å²) in [6.07, 6.45) is -7.56. The van der Waals surface area contributed by atoms with Gasteiger partial charge in [-0.15, -0.1) is 0 Å². The molecule has 6 aliphatic rings. The number of aliphatic hydroxyl groups is 4. The SMILES string of the molecule is NC1NC(=O)C2NCN(c3ccccc3C3CCOC4(CCCC4)C4OC(Oc5c3cc3c(c5OCC(O)CC=O)C(=O)c5ccccc5C3=O)C(O)C(O)C4O)C2N1. The molecule has 4 fully saturated rings. The Morgan fingerprint density at radius 1 is 0.949 bits per heavy atom. The Hall–Kier alpha value is -4.82. The second-order valence-corrected chi connectivity index (χ2v) is 16.1. The molecule has 2 aliphatic carbocycles. The smallest absolute Gasteiger partial charge is 0.242 e. The molecule has 10 unspecified atom stereocenters. The lowest BCUT2D eigenvalue weighted by Crippen LogP contribution is -2.70. The number of anilines is 1. The lowest BCUT2D eigenvalue weighted by Gasteiger charge is -2.47. The number of amides is 1. The first kappa shape index (κ1) is 39.6. The van der Waals surface area contributed by atoms with Gasteiger partial charge in [0.25, 0.3) is 0 Å². The van der Waals surface area contributed by atoms with Crippen LogP contribution in [0.2, 0.25) is 0 Å². The summed E-state index contributed by atoms with van der Waals surface area (Å²) >= 11 is 0. The molecule has 17 heteroatoms. The van der Waals surface area contributed by atoms with Crippen molar-refractivity contribution >= 4 is 29.4 Å². The van der Waals surface area contributed by atoms with E-state index in [9.17, 15) is 39.6 Å². The largest absolute Gasteiger partial charge is 0.486 e. The van der Waals surface area contributed by atoms with E-state index in [-0.39, 0.29) is 65.8 Å². The van der Waals surface area contributed by atoms with Gasteiger partial charge in [0.2, 0.25) is 12.2 Å². The summed E-state index contributed by atoms with van der Waals surface area (Å²) in [5.41, 5.74) is 6.98. The summed E-state index contributed by atoms with van der Waals surface area (Å²) in [5.74, 6) is -2.38. The molecule has 4 aliphatic heterocycles. The van der Waals surface area contributed by atoms with E-state index in [0.29, 0.717) is 35.9 Å². The Morgan fingerprint density at radius 2 is 1.68 bits per heavy atom. The van der Waals surface area contributed by atoms with Crippen molar-refractivity contribution in [3.8, 4) is 11.5 Å². The quantitative estimate of drug-likeness (QED) is 0.113. The molecule has 3 aromatic carbocycles. The van der Waals surface area contributed by atoms with Crippen molar-refractivity contribution in [1.82, 2.24) is 16.0 Å². The number of hydrogen-bond acceptors (Lipinski definition) is 16. The molecule has 17 nitrogen and oxygen atoms in total. The van der Waals surface area contributed by atoms with E-state index in [0.717, 1.165) is 12.8 Å². The van der Waals surface area contributed by atoms with Gasteiger partial charge in [0.1, 0.15) is 55.8 Å². The zero-order valence-corrected chi connectivity index (χ0v) is 32.0. The number of hydrogen-bond donors (Lipinski definition) is 8. The standard InChI is InChI=1S/C42H47N5O12/c43-41-45-38-29(39(55)46-41)44-19-47(38)27-10-4-3-7-22(27)21-12-16-57-42(13-5-6-14-42)37-33(53)32(52)34(54)40(59-37)58-35-25(21)17-26-28(36(35)56-18-20(49)11-15-48)31(51)24-9-2-1-8-23(24)30(26)50/h1-4,7-10,15,17,20-21,29,32-34,37-38,40-41,44-45,49,52-54H,5-6,11-14,16,18-19,43H2,(H,46,55). The van der Waals surface area contributed by atoms with Gasteiger partial charge in [0.05, 0.1) is 23.9 Å². The summed E-state index contributed by atoms with van der Waals surface area (Å²) in [6, 6.07) is 14.8. The van der Waals surface area contributed by atoms with E-state index in [4.69, 9.17) is 24.7 Å². The number of carbonyl (C=O) groups is 4. The monoisotopic (exact) mass is 813 g/mol.